The molecule has 0 atom stereocenters. The number of rotatable bonds is 4. The smallest absolute Gasteiger partial charge is 0.360 e. The van der Waals surface area contributed by atoms with E-state index in [-0.39, 0.29) is 27.8 Å². The first kappa shape index (κ1) is 29.7. The van der Waals surface area contributed by atoms with E-state index in [2.05, 4.69) is 74.5 Å². The number of Topliss-reactive ketones (excluding diaryl/α,β-unsaturated/α-hetero) is 1. The lowest BCUT2D eigenvalue weighted by Crippen LogP contribution is -2.21. The number of methoxy groups -OCH3 is 1. The molecular weight excluding hydrogens is 516 g/mol. The molecule has 0 radical (unpaired) electrons. The molecule has 40 heavy (non-hydrogen) atoms. The van der Waals surface area contributed by atoms with Crippen molar-refractivity contribution in [3.8, 4) is 17.1 Å². The van der Waals surface area contributed by atoms with Crippen LogP contribution in [0.4, 0.5) is 0 Å². The Hall–Kier alpha value is -3.31. The van der Waals surface area contributed by atoms with Crippen molar-refractivity contribution in [3.05, 3.63) is 98.2 Å². The summed E-state index contributed by atoms with van der Waals surface area (Å²) < 4.78 is 11.6. The maximum Gasteiger partial charge on any atom is 0.360 e. The van der Waals surface area contributed by atoms with E-state index in [0.29, 0.717) is 16.9 Å². The molecule has 1 aliphatic heterocycles. The standard InChI is InChI=1S/C35H40O4S/c1-33(2,3)28-18-21(17-27(39-28)23-11-13-24(38-10)14-12-23)15-25-31(36)26(32(25)37)16-22-19-29(34(4,5)6)40-30(20-22)35(7,8)9/h11-20H,1-10H3/p+1. The third-order valence-corrected chi connectivity index (χ3v) is 8.74. The minimum Gasteiger partial charge on any atom is -0.506 e. The number of carbonyl (C=O) groups is 1. The van der Waals surface area contributed by atoms with Crippen LogP contribution in [0.15, 0.2) is 91.3 Å². The van der Waals surface area contributed by atoms with Crippen molar-refractivity contribution in [2.24, 2.45) is 10.8 Å². The van der Waals surface area contributed by atoms with Gasteiger partial charge >= 0.3 is 11.5 Å². The van der Waals surface area contributed by atoms with Gasteiger partial charge in [-0.15, -0.1) is 0 Å². The number of carbonyl (C=O) groups excluding carboxylic acids is 1. The zero-order valence-electron chi connectivity index (χ0n) is 25.4. The summed E-state index contributed by atoms with van der Waals surface area (Å²) in [4.78, 5) is 15.8. The van der Waals surface area contributed by atoms with Gasteiger partial charge in [0.1, 0.15) is 11.5 Å². The number of hydrogen-bond acceptors (Lipinski definition) is 4. The Balaban J connectivity index is 1.75. The first-order valence-corrected chi connectivity index (χ1v) is 14.5. The Morgan fingerprint density at radius 2 is 1.40 bits per heavy atom. The van der Waals surface area contributed by atoms with Crippen LogP contribution in [-0.2, 0) is 10.2 Å². The Morgan fingerprint density at radius 1 is 0.825 bits per heavy atom. The number of ether oxygens (including phenoxy) is 1. The van der Waals surface area contributed by atoms with E-state index in [4.69, 9.17) is 9.15 Å². The molecule has 0 fully saturated rings. The van der Waals surface area contributed by atoms with E-state index in [1.807, 2.05) is 42.5 Å². The number of allylic oxidation sites excluding steroid dienone is 8. The topological polar surface area (TPSA) is 57.8 Å². The Bertz CT molecular complexity index is 1460. The second kappa shape index (κ2) is 10.6. The van der Waals surface area contributed by atoms with Gasteiger partial charge in [0.25, 0.3) is 0 Å². The number of benzene rings is 1. The van der Waals surface area contributed by atoms with Crippen molar-refractivity contribution >= 4 is 23.6 Å². The van der Waals surface area contributed by atoms with Gasteiger partial charge in [0, 0.05) is 6.07 Å². The fourth-order valence-electron chi connectivity index (χ4n) is 4.26. The molecule has 2 aliphatic rings. The predicted octanol–water partition coefficient (Wildman–Crippen LogP) is 9.85. The van der Waals surface area contributed by atoms with Gasteiger partial charge in [-0.2, -0.15) is 0 Å². The molecule has 0 saturated heterocycles. The van der Waals surface area contributed by atoms with Crippen LogP contribution in [0.3, 0.4) is 0 Å². The average Bonchev–Trinajstić information content (AvgIpc) is 2.88. The van der Waals surface area contributed by atoms with Crippen LogP contribution in [0.1, 0.15) is 73.6 Å². The molecule has 210 valence electrons. The van der Waals surface area contributed by atoms with Gasteiger partial charge in [-0.3, -0.25) is 4.79 Å². The van der Waals surface area contributed by atoms with E-state index in [1.165, 1.54) is 9.81 Å². The van der Waals surface area contributed by atoms with Crippen LogP contribution < -0.4 is 4.74 Å². The van der Waals surface area contributed by atoms with Crippen molar-refractivity contribution in [1.29, 1.82) is 0 Å². The lowest BCUT2D eigenvalue weighted by atomic mass is 9.84. The lowest BCUT2D eigenvalue weighted by Gasteiger charge is -2.32. The number of thioether (sulfide) groups is 1. The third-order valence-electron chi connectivity index (χ3n) is 6.84. The summed E-state index contributed by atoms with van der Waals surface area (Å²) in [6.45, 7) is 19.4. The molecule has 1 N–H and O–H groups in total. The van der Waals surface area contributed by atoms with E-state index >= 15 is 0 Å². The largest absolute Gasteiger partial charge is 0.506 e. The van der Waals surface area contributed by atoms with Crippen LogP contribution in [0, 0.1) is 10.8 Å². The molecule has 5 heteroatoms. The zero-order valence-corrected chi connectivity index (χ0v) is 26.2. The van der Waals surface area contributed by atoms with E-state index in [0.717, 1.165) is 28.2 Å². The molecular formula is C35H41O4S+. The van der Waals surface area contributed by atoms with Gasteiger partial charge in [-0.1, -0.05) is 53.3 Å². The van der Waals surface area contributed by atoms with Crippen molar-refractivity contribution in [2.75, 3.05) is 7.11 Å². The number of ketones is 1. The van der Waals surface area contributed by atoms with E-state index in [1.54, 1.807) is 24.9 Å². The fourth-order valence-corrected chi connectivity index (χ4v) is 5.50. The number of aliphatic hydroxyl groups excluding tert-OH is 1. The second-order valence-corrected chi connectivity index (χ2v) is 14.6. The maximum absolute atomic E-state index is 13.3. The highest BCUT2D eigenvalue weighted by Gasteiger charge is 2.35. The highest BCUT2D eigenvalue weighted by atomic mass is 32.2. The molecule has 1 aliphatic carbocycles. The van der Waals surface area contributed by atoms with Crippen LogP contribution in [0.2, 0.25) is 0 Å². The molecule has 0 bridgehead atoms. The monoisotopic (exact) mass is 557 g/mol. The molecule has 0 spiro atoms. The summed E-state index contributed by atoms with van der Waals surface area (Å²) in [7, 11) is 1.64. The molecule has 1 aromatic heterocycles. The summed E-state index contributed by atoms with van der Waals surface area (Å²) in [6.07, 6.45) is 7.83. The minimum absolute atomic E-state index is 0.0235. The summed E-state index contributed by atoms with van der Waals surface area (Å²) in [5.74, 6) is 2.09. The average molecular weight is 558 g/mol. The molecule has 0 saturated carbocycles. The number of hydrogen-bond donors (Lipinski definition) is 1. The van der Waals surface area contributed by atoms with Gasteiger partial charge in [-0.05, 0) is 101 Å². The van der Waals surface area contributed by atoms with E-state index < -0.39 is 0 Å². The molecule has 4 nitrogen and oxygen atoms in total. The summed E-state index contributed by atoms with van der Waals surface area (Å²) in [6, 6.07) is 11.5. The Labute approximate surface area is 243 Å². The van der Waals surface area contributed by atoms with E-state index in [9.17, 15) is 9.90 Å². The second-order valence-electron chi connectivity index (χ2n) is 13.5. The fraction of sp³-hybridized carbons (Fsp3) is 0.371. The SMILES string of the molecule is COc1ccc(-c2cc(C=C3C(=O)C(C=C4C=C(C(C)(C)C)SC(C(C)(C)C)=C4)=C3O)cc(C(C)(C)C)[o+]2)cc1. The Morgan fingerprint density at radius 3 is 1.88 bits per heavy atom. The molecule has 2 heterocycles. The number of aliphatic hydroxyl groups is 1. The van der Waals surface area contributed by atoms with Crippen LogP contribution in [0.25, 0.3) is 17.4 Å². The Kier molecular flexibility index (Phi) is 7.85. The molecule has 0 unspecified atom stereocenters. The molecule has 4 rings (SSSR count). The van der Waals surface area contributed by atoms with Gasteiger partial charge < -0.3 is 9.84 Å². The quantitative estimate of drug-likeness (QED) is 0.299. The van der Waals surface area contributed by atoms with Crippen molar-refractivity contribution in [1.82, 2.24) is 0 Å². The highest BCUT2D eigenvalue weighted by Crippen LogP contribution is 2.49. The van der Waals surface area contributed by atoms with Crippen LogP contribution in [-0.4, -0.2) is 18.0 Å². The van der Waals surface area contributed by atoms with Crippen molar-refractivity contribution < 1.29 is 19.1 Å². The molecule has 0 amide bonds. The van der Waals surface area contributed by atoms with Crippen molar-refractivity contribution in [3.63, 3.8) is 0 Å². The zero-order chi connectivity index (χ0) is 29.6. The first-order chi connectivity index (χ1) is 18.5. The van der Waals surface area contributed by atoms with Gasteiger partial charge in [0.2, 0.25) is 5.78 Å². The van der Waals surface area contributed by atoms with Gasteiger partial charge in [0.15, 0.2) is 0 Å². The van der Waals surface area contributed by atoms with Gasteiger partial charge in [-0.25, -0.2) is 4.42 Å². The normalized spacial score (nSPS) is 17.5. The summed E-state index contributed by atoms with van der Waals surface area (Å²) >= 11 is 1.80. The van der Waals surface area contributed by atoms with Crippen molar-refractivity contribution in [2.45, 2.75) is 67.7 Å². The predicted molar refractivity (Wildman–Crippen MR) is 167 cm³/mol. The maximum atomic E-state index is 13.3. The van der Waals surface area contributed by atoms with Crippen LogP contribution >= 0.6 is 11.8 Å². The summed E-state index contributed by atoms with van der Waals surface area (Å²) in [5, 5.41) is 11.0. The third kappa shape index (κ3) is 6.36. The molecule has 2 aromatic rings. The van der Waals surface area contributed by atoms with Crippen LogP contribution in [0.5, 0.6) is 5.75 Å². The van der Waals surface area contributed by atoms with Gasteiger partial charge in [0.05, 0.1) is 35.3 Å². The minimum atomic E-state index is -0.250. The first-order valence-electron chi connectivity index (χ1n) is 13.6. The highest BCUT2D eigenvalue weighted by molar-refractivity contribution is 8.06. The lowest BCUT2D eigenvalue weighted by molar-refractivity contribution is -0.113. The summed E-state index contributed by atoms with van der Waals surface area (Å²) in [5.41, 5.74) is 2.97. The molecule has 1 aromatic carbocycles.